The standard InChI is InChI=1S/C13H15BrClN3/c1-8-5-10(18(2)17-8)7-13(16)11-4-3-9(15)6-12(11)14/h3-6,13H,7,16H2,1-2H3. The van der Waals surface area contributed by atoms with Gasteiger partial charge in [-0.05, 0) is 30.7 Å². The molecule has 0 aliphatic carbocycles. The molecular weight excluding hydrogens is 314 g/mol. The van der Waals surface area contributed by atoms with Crippen LogP contribution < -0.4 is 5.73 Å². The highest BCUT2D eigenvalue weighted by molar-refractivity contribution is 9.10. The molecule has 1 heterocycles. The minimum atomic E-state index is -0.0774. The third-order valence-corrected chi connectivity index (χ3v) is 3.81. The molecule has 0 amide bonds. The number of nitrogens with two attached hydrogens (primary N) is 1. The number of aryl methyl sites for hydroxylation is 2. The average molecular weight is 329 g/mol. The molecule has 1 unspecified atom stereocenters. The first-order chi connectivity index (χ1) is 8.47. The van der Waals surface area contributed by atoms with Crippen LogP contribution >= 0.6 is 27.5 Å². The highest BCUT2D eigenvalue weighted by Crippen LogP contribution is 2.27. The summed E-state index contributed by atoms with van der Waals surface area (Å²) in [5.74, 6) is 0. The number of halogens is 2. The van der Waals surface area contributed by atoms with Gasteiger partial charge in [0.15, 0.2) is 0 Å². The van der Waals surface area contributed by atoms with E-state index in [1.165, 1.54) is 0 Å². The van der Waals surface area contributed by atoms with Crippen LogP contribution in [0.5, 0.6) is 0 Å². The Hall–Kier alpha value is -0.840. The van der Waals surface area contributed by atoms with Crippen molar-refractivity contribution in [3.05, 3.63) is 50.7 Å². The molecular formula is C13H15BrClN3. The molecule has 0 spiro atoms. The van der Waals surface area contributed by atoms with Gasteiger partial charge in [-0.2, -0.15) is 5.10 Å². The highest BCUT2D eigenvalue weighted by atomic mass is 79.9. The van der Waals surface area contributed by atoms with Gasteiger partial charge in [0, 0.05) is 34.7 Å². The monoisotopic (exact) mass is 327 g/mol. The molecule has 0 saturated heterocycles. The minimum absolute atomic E-state index is 0.0774. The molecule has 5 heteroatoms. The van der Waals surface area contributed by atoms with Gasteiger partial charge in [-0.3, -0.25) is 4.68 Å². The van der Waals surface area contributed by atoms with E-state index >= 15 is 0 Å². The summed E-state index contributed by atoms with van der Waals surface area (Å²) in [6, 6.07) is 7.66. The molecule has 0 radical (unpaired) electrons. The molecule has 96 valence electrons. The Labute approximate surface area is 120 Å². The van der Waals surface area contributed by atoms with Gasteiger partial charge < -0.3 is 5.73 Å². The van der Waals surface area contributed by atoms with Gasteiger partial charge in [0.25, 0.3) is 0 Å². The van der Waals surface area contributed by atoms with Gasteiger partial charge in [-0.1, -0.05) is 33.6 Å². The van der Waals surface area contributed by atoms with Crippen molar-refractivity contribution in [2.45, 2.75) is 19.4 Å². The maximum atomic E-state index is 6.24. The molecule has 3 nitrogen and oxygen atoms in total. The lowest BCUT2D eigenvalue weighted by molar-refractivity contribution is 0.638. The summed E-state index contributed by atoms with van der Waals surface area (Å²) in [6.45, 7) is 1.98. The van der Waals surface area contributed by atoms with Crippen LogP contribution in [0.25, 0.3) is 0 Å². The van der Waals surface area contributed by atoms with E-state index in [2.05, 4.69) is 27.1 Å². The van der Waals surface area contributed by atoms with Crippen LogP contribution in [-0.2, 0) is 13.5 Å². The molecule has 2 N–H and O–H groups in total. The van der Waals surface area contributed by atoms with Crippen LogP contribution in [0.3, 0.4) is 0 Å². The number of benzene rings is 1. The van der Waals surface area contributed by atoms with E-state index in [1.54, 1.807) is 0 Å². The first kappa shape index (κ1) is 13.6. The van der Waals surface area contributed by atoms with Crippen molar-refractivity contribution in [2.75, 3.05) is 0 Å². The minimum Gasteiger partial charge on any atom is -0.324 e. The summed E-state index contributed by atoms with van der Waals surface area (Å²) >= 11 is 9.42. The van der Waals surface area contributed by atoms with Crippen molar-refractivity contribution in [3.8, 4) is 0 Å². The lowest BCUT2D eigenvalue weighted by Crippen LogP contribution is -2.15. The smallest absolute Gasteiger partial charge is 0.0596 e. The molecule has 0 fully saturated rings. The van der Waals surface area contributed by atoms with Gasteiger partial charge in [0.2, 0.25) is 0 Å². The Morgan fingerprint density at radius 3 is 2.72 bits per heavy atom. The SMILES string of the molecule is Cc1cc(CC(N)c2ccc(Cl)cc2Br)n(C)n1. The van der Waals surface area contributed by atoms with Crippen LogP contribution in [0.1, 0.15) is 23.0 Å². The second-order valence-corrected chi connectivity index (χ2v) is 5.67. The zero-order valence-corrected chi connectivity index (χ0v) is 12.7. The van der Waals surface area contributed by atoms with E-state index in [9.17, 15) is 0 Å². The van der Waals surface area contributed by atoms with Gasteiger partial charge in [0.1, 0.15) is 0 Å². The largest absolute Gasteiger partial charge is 0.324 e. The molecule has 18 heavy (non-hydrogen) atoms. The lowest BCUT2D eigenvalue weighted by atomic mass is 10.0. The summed E-state index contributed by atoms with van der Waals surface area (Å²) < 4.78 is 2.82. The van der Waals surface area contributed by atoms with E-state index in [-0.39, 0.29) is 6.04 Å². The number of aromatic nitrogens is 2. The van der Waals surface area contributed by atoms with Crippen LogP contribution in [0.2, 0.25) is 5.02 Å². The van der Waals surface area contributed by atoms with Crippen LogP contribution in [0.4, 0.5) is 0 Å². The molecule has 1 aromatic heterocycles. The molecule has 0 bridgehead atoms. The summed E-state index contributed by atoms with van der Waals surface area (Å²) in [5.41, 5.74) is 9.43. The van der Waals surface area contributed by atoms with Crippen LogP contribution in [0.15, 0.2) is 28.7 Å². The zero-order chi connectivity index (χ0) is 13.3. The second kappa shape index (κ2) is 5.43. The van der Waals surface area contributed by atoms with E-state index in [1.807, 2.05) is 36.9 Å². The molecule has 1 atom stereocenters. The van der Waals surface area contributed by atoms with Crippen molar-refractivity contribution < 1.29 is 0 Å². The fourth-order valence-electron chi connectivity index (χ4n) is 1.99. The molecule has 0 aliphatic rings. The van der Waals surface area contributed by atoms with E-state index in [0.29, 0.717) is 5.02 Å². The average Bonchev–Trinajstić information content (AvgIpc) is 2.57. The summed E-state index contributed by atoms with van der Waals surface area (Å²) in [6.07, 6.45) is 0.748. The quantitative estimate of drug-likeness (QED) is 0.938. The summed E-state index contributed by atoms with van der Waals surface area (Å²) in [5, 5.41) is 5.03. The molecule has 0 aliphatic heterocycles. The third-order valence-electron chi connectivity index (χ3n) is 2.89. The molecule has 1 aromatic carbocycles. The van der Waals surface area contributed by atoms with Crippen molar-refractivity contribution in [1.29, 1.82) is 0 Å². The molecule has 2 aromatic rings. The molecule has 0 saturated carbocycles. The van der Waals surface area contributed by atoms with Gasteiger partial charge in [-0.25, -0.2) is 0 Å². The van der Waals surface area contributed by atoms with Crippen LogP contribution in [-0.4, -0.2) is 9.78 Å². The number of hydrogen-bond donors (Lipinski definition) is 1. The lowest BCUT2D eigenvalue weighted by Gasteiger charge is -2.14. The predicted molar refractivity (Wildman–Crippen MR) is 77.7 cm³/mol. The maximum absolute atomic E-state index is 6.24. The van der Waals surface area contributed by atoms with Crippen molar-refractivity contribution in [1.82, 2.24) is 9.78 Å². The fraction of sp³-hybridized carbons (Fsp3) is 0.308. The summed E-state index contributed by atoms with van der Waals surface area (Å²) in [7, 11) is 1.94. The van der Waals surface area contributed by atoms with E-state index in [4.69, 9.17) is 17.3 Å². The first-order valence-corrected chi connectivity index (χ1v) is 6.84. The second-order valence-electron chi connectivity index (χ2n) is 4.38. The zero-order valence-electron chi connectivity index (χ0n) is 10.3. The van der Waals surface area contributed by atoms with Gasteiger partial charge in [0.05, 0.1) is 5.69 Å². The fourth-order valence-corrected chi connectivity index (χ4v) is 2.97. The highest BCUT2D eigenvalue weighted by Gasteiger charge is 2.13. The van der Waals surface area contributed by atoms with Crippen molar-refractivity contribution in [3.63, 3.8) is 0 Å². The Morgan fingerprint density at radius 1 is 1.44 bits per heavy atom. The van der Waals surface area contributed by atoms with Crippen LogP contribution in [0, 0.1) is 6.92 Å². The topological polar surface area (TPSA) is 43.8 Å². The molecule has 2 rings (SSSR count). The number of rotatable bonds is 3. The normalized spacial score (nSPS) is 12.7. The van der Waals surface area contributed by atoms with E-state index < -0.39 is 0 Å². The Balaban J connectivity index is 2.21. The maximum Gasteiger partial charge on any atom is 0.0596 e. The number of hydrogen-bond acceptors (Lipinski definition) is 2. The summed E-state index contributed by atoms with van der Waals surface area (Å²) in [4.78, 5) is 0. The third kappa shape index (κ3) is 2.94. The van der Waals surface area contributed by atoms with Gasteiger partial charge in [-0.15, -0.1) is 0 Å². The van der Waals surface area contributed by atoms with Crippen molar-refractivity contribution in [2.24, 2.45) is 12.8 Å². The Bertz CT molecular complexity index is 565. The van der Waals surface area contributed by atoms with Gasteiger partial charge >= 0.3 is 0 Å². The number of nitrogens with zero attached hydrogens (tertiary/aromatic N) is 2. The Kier molecular flexibility index (Phi) is 4.10. The van der Waals surface area contributed by atoms with Crippen molar-refractivity contribution >= 4 is 27.5 Å². The van der Waals surface area contributed by atoms with E-state index in [0.717, 1.165) is 27.8 Å². The predicted octanol–water partition coefficient (Wildman–Crippen LogP) is 3.39. The first-order valence-electron chi connectivity index (χ1n) is 5.67. The Morgan fingerprint density at radius 2 is 2.17 bits per heavy atom.